The maximum Gasteiger partial charge on any atom is 0.251 e. The smallest absolute Gasteiger partial charge is 0.251 e. The fraction of sp³-hybridized carbons (Fsp3) is 0.529. The maximum absolute atomic E-state index is 12.1. The Balaban J connectivity index is 1.98. The van der Waals surface area contributed by atoms with Gasteiger partial charge in [-0.25, -0.2) is 0 Å². The molecule has 0 radical (unpaired) electrons. The van der Waals surface area contributed by atoms with Gasteiger partial charge in [-0.3, -0.25) is 9.59 Å². The van der Waals surface area contributed by atoms with E-state index >= 15 is 0 Å². The third kappa shape index (κ3) is 3.65. The molecule has 0 atom stereocenters. The van der Waals surface area contributed by atoms with Crippen molar-refractivity contribution in [3.63, 3.8) is 0 Å². The number of carbonyl (C=O) groups excluding carboxylic acids is 2. The number of benzene rings is 1. The first-order chi connectivity index (χ1) is 10.5. The molecule has 2 amide bonds. The van der Waals surface area contributed by atoms with E-state index in [1.165, 1.54) is 0 Å². The molecule has 22 heavy (non-hydrogen) atoms. The van der Waals surface area contributed by atoms with Crippen LogP contribution in [0, 0.1) is 0 Å². The lowest BCUT2D eigenvalue weighted by Gasteiger charge is -2.25. The highest BCUT2D eigenvalue weighted by Gasteiger charge is 2.24. The molecule has 5 nitrogen and oxygen atoms in total. The van der Waals surface area contributed by atoms with Gasteiger partial charge in [-0.05, 0) is 43.5 Å². The summed E-state index contributed by atoms with van der Waals surface area (Å²) in [5.74, 6) is -0.0761. The van der Waals surface area contributed by atoms with E-state index in [9.17, 15) is 14.7 Å². The highest BCUT2D eigenvalue weighted by Crippen LogP contribution is 2.21. The van der Waals surface area contributed by atoms with E-state index in [1.807, 2.05) is 13.8 Å². The molecule has 1 aromatic carbocycles. The van der Waals surface area contributed by atoms with Gasteiger partial charge >= 0.3 is 0 Å². The second kappa shape index (κ2) is 6.92. The fourth-order valence-electron chi connectivity index (χ4n) is 2.56. The van der Waals surface area contributed by atoms with Crippen molar-refractivity contribution in [1.82, 2.24) is 5.32 Å². The molecule has 5 heteroatoms. The summed E-state index contributed by atoms with van der Waals surface area (Å²) < 4.78 is 0. The summed E-state index contributed by atoms with van der Waals surface area (Å²) in [5, 5.41) is 13.0. The minimum Gasteiger partial charge on any atom is -0.388 e. The Morgan fingerprint density at radius 2 is 1.91 bits per heavy atom. The van der Waals surface area contributed by atoms with E-state index in [0.29, 0.717) is 24.8 Å². The van der Waals surface area contributed by atoms with Crippen molar-refractivity contribution in [2.45, 2.75) is 45.1 Å². The lowest BCUT2D eigenvalue weighted by molar-refractivity contribution is -0.117. The summed E-state index contributed by atoms with van der Waals surface area (Å²) in [6.07, 6.45) is 2.67. The van der Waals surface area contributed by atoms with Crippen LogP contribution in [-0.2, 0) is 4.79 Å². The zero-order chi connectivity index (χ0) is 16.2. The Kier molecular flexibility index (Phi) is 5.19. The van der Waals surface area contributed by atoms with Crippen LogP contribution in [0.25, 0.3) is 0 Å². The standard InChI is InChI=1S/C17H24N2O3/c1-3-17(22,4-2)12-18-16(21)13-7-9-14(10-8-13)19-11-5-6-15(19)20/h7-10,22H,3-6,11-12H2,1-2H3,(H,18,21). The summed E-state index contributed by atoms with van der Waals surface area (Å²) in [6.45, 7) is 4.78. The average Bonchev–Trinajstić information content (AvgIpc) is 2.98. The zero-order valence-electron chi connectivity index (χ0n) is 13.3. The zero-order valence-corrected chi connectivity index (χ0v) is 13.3. The lowest BCUT2D eigenvalue weighted by Crippen LogP contribution is -2.42. The first-order valence-corrected chi connectivity index (χ1v) is 7.90. The summed E-state index contributed by atoms with van der Waals surface area (Å²) in [5.41, 5.74) is 0.514. The van der Waals surface area contributed by atoms with E-state index in [4.69, 9.17) is 0 Å². The number of hydrogen-bond acceptors (Lipinski definition) is 3. The molecular formula is C17H24N2O3. The molecule has 0 spiro atoms. The Hall–Kier alpha value is -1.88. The SMILES string of the molecule is CCC(O)(CC)CNC(=O)c1ccc(N2CCCC2=O)cc1. The largest absolute Gasteiger partial charge is 0.388 e. The normalized spacial score (nSPS) is 15.2. The summed E-state index contributed by atoms with van der Waals surface area (Å²) in [4.78, 5) is 25.6. The van der Waals surface area contributed by atoms with Crippen molar-refractivity contribution < 1.29 is 14.7 Å². The van der Waals surface area contributed by atoms with Crippen LogP contribution in [0.1, 0.15) is 49.9 Å². The van der Waals surface area contributed by atoms with Gasteiger partial charge in [0.05, 0.1) is 5.60 Å². The third-order valence-corrected chi connectivity index (χ3v) is 4.41. The van der Waals surface area contributed by atoms with Crippen molar-refractivity contribution in [1.29, 1.82) is 0 Å². The molecule has 1 saturated heterocycles. The van der Waals surface area contributed by atoms with Gasteiger partial charge in [0.1, 0.15) is 0 Å². The van der Waals surface area contributed by atoms with Crippen molar-refractivity contribution >= 4 is 17.5 Å². The van der Waals surface area contributed by atoms with Crippen molar-refractivity contribution in [2.24, 2.45) is 0 Å². The predicted molar refractivity (Wildman–Crippen MR) is 85.9 cm³/mol. The predicted octanol–water partition coefficient (Wildman–Crippen LogP) is 2.09. The molecule has 1 fully saturated rings. The van der Waals surface area contributed by atoms with Gasteiger partial charge in [0, 0.05) is 30.8 Å². The molecule has 0 unspecified atom stereocenters. The summed E-state index contributed by atoms with van der Waals surface area (Å²) in [6, 6.07) is 7.02. The van der Waals surface area contributed by atoms with Gasteiger partial charge in [0.15, 0.2) is 0 Å². The van der Waals surface area contributed by atoms with Crippen LogP contribution in [-0.4, -0.2) is 35.6 Å². The van der Waals surface area contributed by atoms with E-state index in [2.05, 4.69) is 5.32 Å². The topological polar surface area (TPSA) is 69.6 Å². The number of nitrogens with one attached hydrogen (secondary N) is 1. The van der Waals surface area contributed by atoms with Gasteiger partial charge in [0.25, 0.3) is 5.91 Å². The molecule has 2 rings (SSSR count). The first-order valence-electron chi connectivity index (χ1n) is 7.90. The van der Waals surface area contributed by atoms with Crippen LogP contribution in [0.3, 0.4) is 0 Å². The van der Waals surface area contributed by atoms with Gasteiger partial charge < -0.3 is 15.3 Å². The van der Waals surface area contributed by atoms with E-state index in [-0.39, 0.29) is 18.4 Å². The van der Waals surface area contributed by atoms with Crippen molar-refractivity contribution in [3.05, 3.63) is 29.8 Å². The van der Waals surface area contributed by atoms with Crippen LogP contribution in [0.5, 0.6) is 0 Å². The molecule has 0 saturated carbocycles. The molecule has 0 bridgehead atoms. The quantitative estimate of drug-likeness (QED) is 0.845. The van der Waals surface area contributed by atoms with E-state index < -0.39 is 5.60 Å². The number of aliphatic hydroxyl groups is 1. The van der Waals surface area contributed by atoms with Crippen molar-refractivity contribution in [3.8, 4) is 0 Å². The van der Waals surface area contributed by atoms with Gasteiger partial charge in [-0.15, -0.1) is 0 Å². The van der Waals surface area contributed by atoms with Crippen molar-refractivity contribution in [2.75, 3.05) is 18.0 Å². The number of amides is 2. The number of carbonyl (C=O) groups is 2. The molecule has 0 aliphatic carbocycles. The number of hydrogen-bond donors (Lipinski definition) is 2. The van der Waals surface area contributed by atoms with E-state index in [0.717, 1.165) is 18.7 Å². The Morgan fingerprint density at radius 1 is 1.27 bits per heavy atom. The van der Waals surface area contributed by atoms with Gasteiger partial charge in [-0.2, -0.15) is 0 Å². The highest BCUT2D eigenvalue weighted by molar-refractivity contribution is 5.97. The summed E-state index contributed by atoms with van der Waals surface area (Å²) >= 11 is 0. The van der Waals surface area contributed by atoms with Crippen LogP contribution in [0.4, 0.5) is 5.69 Å². The monoisotopic (exact) mass is 304 g/mol. The minimum atomic E-state index is -0.850. The van der Waals surface area contributed by atoms with Gasteiger partial charge in [-0.1, -0.05) is 13.8 Å². The third-order valence-electron chi connectivity index (χ3n) is 4.41. The molecule has 2 N–H and O–H groups in total. The van der Waals surface area contributed by atoms with Crippen LogP contribution in [0.15, 0.2) is 24.3 Å². The highest BCUT2D eigenvalue weighted by atomic mass is 16.3. The Morgan fingerprint density at radius 3 is 2.41 bits per heavy atom. The van der Waals surface area contributed by atoms with Crippen LogP contribution >= 0.6 is 0 Å². The van der Waals surface area contributed by atoms with Crippen LogP contribution in [0.2, 0.25) is 0 Å². The average molecular weight is 304 g/mol. The Bertz CT molecular complexity index is 535. The first kappa shape index (κ1) is 16.5. The second-order valence-electron chi connectivity index (χ2n) is 5.81. The molecule has 1 aliphatic heterocycles. The molecule has 120 valence electrons. The number of rotatable bonds is 6. The van der Waals surface area contributed by atoms with E-state index in [1.54, 1.807) is 29.2 Å². The second-order valence-corrected chi connectivity index (χ2v) is 5.81. The molecule has 1 aromatic rings. The molecular weight excluding hydrogens is 280 g/mol. The van der Waals surface area contributed by atoms with Crippen LogP contribution < -0.4 is 10.2 Å². The lowest BCUT2D eigenvalue weighted by atomic mass is 9.97. The molecule has 1 heterocycles. The molecule has 0 aromatic heterocycles. The molecule has 1 aliphatic rings. The Labute approximate surface area is 131 Å². The number of nitrogens with zero attached hydrogens (tertiary/aromatic N) is 1. The fourth-order valence-corrected chi connectivity index (χ4v) is 2.56. The minimum absolute atomic E-state index is 0.133. The maximum atomic E-state index is 12.1. The van der Waals surface area contributed by atoms with Gasteiger partial charge in [0.2, 0.25) is 5.91 Å². The number of anilines is 1. The summed E-state index contributed by atoms with van der Waals surface area (Å²) in [7, 11) is 0.